The van der Waals surface area contributed by atoms with Crippen LogP contribution in [0.5, 0.6) is 0 Å². The SMILES string of the molecule is NC(=O)c1ccc2c(c1)[nH]c(=O)c1ccncc12. The molecule has 0 aliphatic carbocycles. The number of benzene rings is 1. The van der Waals surface area contributed by atoms with Crippen LogP contribution in [0, 0.1) is 0 Å². The highest BCUT2D eigenvalue weighted by molar-refractivity contribution is 6.07. The van der Waals surface area contributed by atoms with E-state index in [9.17, 15) is 9.59 Å². The maximum Gasteiger partial charge on any atom is 0.256 e. The number of primary amides is 1. The normalized spacial score (nSPS) is 10.9. The molecule has 1 aromatic carbocycles. The van der Waals surface area contributed by atoms with Gasteiger partial charge in [-0.25, -0.2) is 0 Å². The zero-order valence-electron chi connectivity index (χ0n) is 9.31. The number of hydrogen-bond donors (Lipinski definition) is 2. The molecule has 1 amide bonds. The number of nitrogens with one attached hydrogen (secondary N) is 1. The molecule has 3 rings (SSSR count). The van der Waals surface area contributed by atoms with Crippen LogP contribution >= 0.6 is 0 Å². The second-order valence-electron chi connectivity index (χ2n) is 4.00. The number of carbonyl (C=O) groups is 1. The molecule has 5 heteroatoms. The van der Waals surface area contributed by atoms with Gasteiger partial charge in [-0.15, -0.1) is 0 Å². The van der Waals surface area contributed by atoms with Gasteiger partial charge in [0, 0.05) is 34.2 Å². The Hall–Kier alpha value is -2.69. The van der Waals surface area contributed by atoms with E-state index in [1.807, 2.05) is 0 Å². The highest BCUT2D eigenvalue weighted by Crippen LogP contribution is 2.20. The molecule has 0 spiro atoms. The highest BCUT2D eigenvalue weighted by Gasteiger charge is 2.07. The summed E-state index contributed by atoms with van der Waals surface area (Å²) in [7, 11) is 0. The minimum Gasteiger partial charge on any atom is -0.366 e. The first-order chi connectivity index (χ1) is 8.66. The number of amides is 1. The molecule has 0 aliphatic rings. The maximum absolute atomic E-state index is 11.9. The lowest BCUT2D eigenvalue weighted by atomic mass is 10.1. The van der Waals surface area contributed by atoms with Gasteiger partial charge in [-0.1, -0.05) is 6.07 Å². The number of carbonyl (C=O) groups excluding carboxylic acids is 1. The van der Waals surface area contributed by atoms with Gasteiger partial charge in [-0.2, -0.15) is 0 Å². The average Bonchev–Trinajstić information content (AvgIpc) is 2.38. The molecule has 2 aromatic heterocycles. The number of H-pyrrole nitrogens is 1. The number of nitrogens with two attached hydrogens (primary N) is 1. The van der Waals surface area contributed by atoms with E-state index in [2.05, 4.69) is 9.97 Å². The number of rotatable bonds is 1. The first kappa shape index (κ1) is 10.5. The van der Waals surface area contributed by atoms with E-state index in [1.54, 1.807) is 36.7 Å². The molecule has 3 aromatic rings. The Bertz CT molecular complexity index is 836. The van der Waals surface area contributed by atoms with Gasteiger partial charge in [0.15, 0.2) is 0 Å². The summed E-state index contributed by atoms with van der Waals surface area (Å²) in [6.45, 7) is 0. The van der Waals surface area contributed by atoms with Crippen molar-refractivity contribution in [2.24, 2.45) is 5.73 Å². The molecule has 0 saturated heterocycles. The molecule has 0 aliphatic heterocycles. The van der Waals surface area contributed by atoms with Crippen molar-refractivity contribution < 1.29 is 4.79 Å². The smallest absolute Gasteiger partial charge is 0.256 e. The molecule has 0 unspecified atom stereocenters. The molecule has 0 bridgehead atoms. The van der Waals surface area contributed by atoms with E-state index in [-0.39, 0.29) is 5.56 Å². The number of aromatic nitrogens is 2. The van der Waals surface area contributed by atoms with E-state index in [0.29, 0.717) is 16.5 Å². The Balaban J connectivity index is 2.50. The van der Waals surface area contributed by atoms with Crippen molar-refractivity contribution >= 4 is 27.6 Å². The monoisotopic (exact) mass is 239 g/mol. The van der Waals surface area contributed by atoms with E-state index in [4.69, 9.17) is 5.73 Å². The number of hydrogen-bond acceptors (Lipinski definition) is 3. The molecule has 88 valence electrons. The maximum atomic E-state index is 11.9. The summed E-state index contributed by atoms with van der Waals surface area (Å²) in [5, 5.41) is 2.17. The second kappa shape index (κ2) is 3.66. The van der Waals surface area contributed by atoms with Crippen molar-refractivity contribution in [1.29, 1.82) is 0 Å². The van der Waals surface area contributed by atoms with Crippen LogP contribution in [0.2, 0.25) is 0 Å². The van der Waals surface area contributed by atoms with Crippen LogP contribution in [0.1, 0.15) is 10.4 Å². The zero-order chi connectivity index (χ0) is 12.7. The van der Waals surface area contributed by atoms with Gasteiger partial charge in [-0.05, 0) is 18.2 Å². The minimum absolute atomic E-state index is 0.207. The fourth-order valence-corrected chi connectivity index (χ4v) is 2.03. The second-order valence-corrected chi connectivity index (χ2v) is 4.00. The third kappa shape index (κ3) is 1.45. The van der Waals surface area contributed by atoms with E-state index < -0.39 is 5.91 Å². The largest absolute Gasteiger partial charge is 0.366 e. The molecule has 0 fully saturated rings. The van der Waals surface area contributed by atoms with Crippen LogP contribution in [0.25, 0.3) is 21.7 Å². The summed E-state index contributed by atoms with van der Waals surface area (Å²) >= 11 is 0. The molecule has 0 radical (unpaired) electrons. The minimum atomic E-state index is -0.524. The molecule has 5 nitrogen and oxygen atoms in total. The topological polar surface area (TPSA) is 88.8 Å². The Kier molecular flexibility index (Phi) is 2.13. The van der Waals surface area contributed by atoms with Gasteiger partial charge in [0.1, 0.15) is 0 Å². The van der Waals surface area contributed by atoms with Gasteiger partial charge in [0.05, 0.1) is 5.39 Å². The first-order valence-electron chi connectivity index (χ1n) is 5.36. The van der Waals surface area contributed by atoms with Crippen LogP contribution in [-0.4, -0.2) is 15.9 Å². The number of fused-ring (bicyclic) bond motifs is 3. The van der Waals surface area contributed by atoms with Crippen molar-refractivity contribution in [1.82, 2.24) is 9.97 Å². The van der Waals surface area contributed by atoms with Crippen LogP contribution in [0.4, 0.5) is 0 Å². The lowest BCUT2D eigenvalue weighted by Crippen LogP contribution is -2.12. The molecule has 0 atom stereocenters. The van der Waals surface area contributed by atoms with Crippen molar-refractivity contribution in [2.45, 2.75) is 0 Å². The fraction of sp³-hybridized carbons (Fsp3) is 0. The third-order valence-electron chi connectivity index (χ3n) is 2.91. The van der Waals surface area contributed by atoms with Gasteiger partial charge in [0.2, 0.25) is 5.91 Å². The molecule has 0 saturated carbocycles. The molecular formula is C13H9N3O2. The third-order valence-corrected chi connectivity index (χ3v) is 2.91. The van der Waals surface area contributed by atoms with Crippen LogP contribution < -0.4 is 11.3 Å². The zero-order valence-corrected chi connectivity index (χ0v) is 9.31. The van der Waals surface area contributed by atoms with E-state index in [0.717, 1.165) is 10.8 Å². The highest BCUT2D eigenvalue weighted by atomic mass is 16.1. The van der Waals surface area contributed by atoms with Crippen LogP contribution in [0.3, 0.4) is 0 Å². The van der Waals surface area contributed by atoms with Gasteiger partial charge in [-0.3, -0.25) is 14.6 Å². The summed E-state index contributed by atoms with van der Waals surface area (Å²) in [4.78, 5) is 29.7. The molecule has 2 heterocycles. The summed E-state index contributed by atoms with van der Waals surface area (Å²) in [5.74, 6) is -0.524. The van der Waals surface area contributed by atoms with Gasteiger partial charge < -0.3 is 10.7 Å². The van der Waals surface area contributed by atoms with Gasteiger partial charge >= 0.3 is 0 Å². The van der Waals surface area contributed by atoms with E-state index >= 15 is 0 Å². The van der Waals surface area contributed by atoms with Crippen LogP contribution in [0.15, 0.2) is 41.5 Å². The Morgan fingerprint density at radius 3 is 2.78 bits per heavy atom. The number of nitrogens with zero attached hydrogens (tertiary/aromatic N) is 1. The summed E-state index contributed by atoms with van der Waals surface area (Å²) in [6.07, 6.45) is 3.21. The number of pyridine rings is 2. The van der Waals surface area contributed by atoms with Crippen molar-refractivity contribution in [2.75, 3.05) is 0 Å². The van der Waals surface area contributed by atoms with Crippen LogP contribution in [-0.2, 0) is 0 Å². The van der Waals surface area contributed by atoms with Crippen molar-refractivity contribution in [3.8, 4) is 0 Å². The number of aromatic amines is 1. The molecule has 18 heavy (non-hydrogen) atoms. The fourth-order valence-electron chi connectivity index (χ4n) is 2.03. The molecular weight excluding hydrogens is 230 g/mol. The predicted octanol–water partition coefficient (Wildman–Crippen LogP) is 1.18. The quantitative estimate of drug-likeness (QED) is 0.625. The Morgan fingerprint density at radius 1 is 1.17 bits per heavy atom. The van der Waals surface area contributed by atoms with Gasteiger partial charge in [0.25, 0.3) is 5.56 Å². The summed E-state index contributed by atoms with van der Waals surface area (Å²) < 4.78 is 0. The Labute approximate surface area is 101 Å². The standard InChI is InChI=1S/C13H9N3O2/c14-12(17)7-1-2-8-10-6-15-4-3-9(10)13(18)16-11(8)5-7/h1-6H,(H2,14,17)(H,16,18). The lowest BCUT2D eigenvalue weighted by molar-refractivity contribution is 0.100. The lowest BCUT2D eigenvalue weighted by Gasteiger charge is -2.04. The molecule has 3 N–H and O–H groups in total. The Morgan fingerprint density at radius 2 is 2.00 bits per heavy atom. The van der Waals surface area contributed by atoms with Crippen molar-refractivity contribution in [3.63, 3.8) is 0 Å². The average molecular weight is 239 g/mol. The van der Waals surface area contributed by atoms with E-state index in [1.165, 1.54) is 0 Å². The first-order valence-corrected chi connectivity index (χ1v) is 5.36. The summed E-state index contributed by atoms with van der Waals surface area (Å²) in [6, 6.07) is 6.63. The summed E-state index contributed by atoms with van der Waals surface area (Å²) in [5.41, 5.74) is 5.95. The van der Waals surface area contributed by atoms with Crippen molar-refractivity contribution in [3.05, 3.63) is 52.6 Å². The predicted molar refractivity (Wildman–Crippen MR) is 68.4 cm³/mol.